The SMILES string of the molecule is CCC1CN(CCc2ccc(OC)cc2)C(C)CCN1. The van der Waals surface area contributed by atoms with E-state index in [4.69, 9.17) is 4.74 Å². The minimum atomic E-state index is 0.649. The molecule has 1 aromatic carbocycles. The van der Waals surface area contributed by atoms with Gasteiger partial charge in [0.05, 0.1) is 7.11 Å². The Morgan fingerprint density at radius 1 is 1.30 bits per heavy atom. The Morgan fingerprint density at radius 3 is 2.70 bits per heavy atom. The quantitative estimate of drug-likeness (QED) is 0.895. The summed E-state index contributed by atoms with van der Waals surface area (Å²) < 4.78 is 5.21. The van der Waals surface area contributed by atoms with Crippen LogP contribution in [-0.2, 0) is 6.42 Å². The molecule has 3 heteroatoms. The number of hydrogen-bond acceptors (Lipinski definition) is 3. The van der Waals surface area contributed by atoms with Crippen molar-refractivity contribution in [3.8, 4) is 5.75 Å². The van der Waals surface area contributed by atoms with E-state index in [1.807, 2.05) is 0 Å². The first-order chi connectivity index (χ1) is 9.72. The van der Waals surface area contributed by atoms with E-state index in [2.05, 4.69) is 48.3 Å². The summed E-state index contributed by atoms with van der Waals surface area (Å²) in [5.74, 6) is 0.937. The smallest absolute Gasteiger partial charge is 0.118 e. The minimum absolute atomic E-state index is 0.649. The molecule has 1 fully saturated rings. The molecule has 1 aliphatic heterocycles. The Hall–Kier alpha value is -1.06. The topological polar surface area (TPSA) is 24.5 Å². The van der Waals surface area contributed by atoms with Gasteiger partial charge in [-0.15, -0.1) is 0 Å². The van der Waals surface area contributed by atoms with E-state index in [9.17, 15) is 0 Å². The molecular formula is C17H28N2O. The fraction of sp³-hybridized carbons (Fsp3) is 0.647. The van der Waals surface area contributed by atoms with E-state index >= 15 is 0 Å². The molecule has 112 valence electrons. The first kappa shape index (κ1) is 15.3. The normalized spacial score (nSPS) is 24.4. The van der Waals surface area contributed by atoms with Crippen LogP contribution in [0.15, 0.2) is 24.3 Å². The van der Waals surface area contributed by atoms with Crippen molar-refractivity contribution in [2.24, 2.45) is 0 Å². The Morgan fingerprint density at radius 2 is 2.05 bits per heavy atom. The van der Waals surface area contributed by atoms with E-state index in [1.165, 1.54) is 24.9 Å². The molecule has 0 bridgehead atoms. The number of ether oxygens (including phenoxy) is 1. The van der Waals surface area contributed by atoms with Crippen molar-refractivity contribution in [3.63, 3.8) is 0 Å². The fourth-order valence-corrected chi connectivity index (χ4v) is 2.86. The Kier molecular flexibility index (Phi) is 5.86. The van der Waals surface area contributed by atoms with Crippen LogP contribution in [0.5, 0.6) is 5.75 Å². The molecule has 3 nitrogen and oxygen atoms in total. The zero-order valence-corrected chi connectivity index (χ0v) is 13.1. The Balaban J connectivity index is 1.89. The van der Waals surface area contributed by atoms with Crippen LogP contribution < -0.4 is 10.1 Å². The lowest BCUT2D eigenvalue weighted by atomic mass is 10.1. The molecule has 0 saturated carbocycles. The summed E-state index contributed by atoms with van der Waals surface area (Å²) >= 11 is 0. The van der Waals surface area contributed by atoms with Gasteiger partial charge in [0, 0.05) is 25.2 Å². The average Bonchev–Trinajstić information content (AvgIpc) is 2.67. The van der Waals surface area contributed by atoms with E-state index in [-0.39, 0.29) is 0 Å². The highest BCUT2D eigenvalue weighted by atomic mass is 16.5. The van der Waals surface area contributed by atoms with E-state index in [1.54, 1.807) is 7.11 Å². The number of methoxy groups -OCH3 is 1. The van der Waals surface area contributed by atoms with Crippen LogP contribution in [0.1, 0.15) is 32.3 Å². The maximum Gasteiger partial charge on any atom is 0.118 e. The van der Waals surface area contributed by atoms with Crippen LogP contribution in [0.25, 0.3) is 0 Å². The predicted molar refractivity (Wildman–Crippen MR) is 84.4 cm³/mol. The van der Waals surface area contributed by atoms with Crippen LogP contribution in [-0.4, -0.2) is 43.7 Å². The van der Waals surface area contributed by atoms with Crippen molar-refractivity contribution in [1.82, 2.24) is 10.2 Å². The maximum absolute atomic E-state index is 5.21. The van der Waals surface area contributed by atoms with Gasteiger partial charge in [0.2, 0.25) is 0 Å². The van der Waals surface area contributed by atoms with Gasteiger partial charge >= 0.3 is 0 Å². The molecule has 2 rings (SSSR count). The molecule has 1 heterocycles. The lowest BCUT2D eigenvalue weighted by molar-refractivity contribution is 0.205. The van der Waals surface area contributed by atoms with Gasteiger partial charge in [-0.3, -0.25) is 4.90 Å². The second-order valence-corrected chi connectivity index (χ2v) is 5.79. The zero-order valence-electron chi connectivity index (χ0n) is 13.1. The van der Waals surface area contributed by atoms with Gasteiger partial charge in [0.25, 0.3) is 0 Å². The highest BCUT2D eigenvalue weighted by Gasteiger charge is 2.21. The van der Waals surface area contributed by atoms with Gasteiger partial charge in [0.1, 0.15) is 5.75 Å². The highest BCUT2D eigenvalue weighted by molar-refractivity contribution is 5.27. The number of rotatable bonds is 5. The van der Waals surface area contributed by atoms with Crippen molar-refractivity contribution in [2.75, 3.05) is 26.7 Å². The zero-order chi connectivity index (χ0) is 14.4. The summed E-state index contributed by atoms with van der Waals surface area (Å²) in [4.78, 5) is 2.64. The molecule has 0 amide bonds. The monoisotopic (exact) mass is 276 g/mol. The third-order valence-corrected chi connectivity index (χ3v) is 4.41. The summed E-state index contributed by atoms with van der Waals surface area (Å²) in [6.45, 7) is 8.10. The second kappa shape index (κ2) is 7.65. The minimum Gasteiger partial charge on any atom is -0.497 e. The van der Waals surface area contributed by atoms with E-state index in [0.717, 1.165) is 25.3 Å². The van der Waals surface area contributed by atoms with Crippen LogP contribution in [0.4, 0.5) is 0 Å². The number of hydrogen-bond donors (Lipinski definition) is 1. The molecule has 2 atom stereocenters. The summed E-state index contributed by atoms with van der Waals surface area (Å²) in [5.41, 5.74) is 1.39. The summed E-state index contributed by atoms with van der Waals surface area (Å²) in [6, 6.07) is 9.79. The van der Waals surface area contributed by atoms with Crippen LogP contribution in [0.3, 0.4) is 0 Å². The van der Waals surface area contributed by atoms with Gasteiger partial charge in [-0.2, -0.15) is 0 Å². The van der Waals surface area contributed by atoms with Gasteiger partial charge in [0.15, 0.2) is 0 Å². The summed E-state index contributed by atoms with van der Waals surface area (Å²) in [6.07, 6.45) is 3.58. The van der Waals surface area contributed by atoms with Crippen molar-refractivity contribution < 1.29 is 4.74 Å². The first-order valence-electron chi connectivity index (χ1n) is 7.83. The molecular weight excluding hydrogens is 248 g/mol. The molecule has 1 aliphatic rings. The van der Waals surface area contributed by atoms with Crippen molar-refractivity contribution in [3.05, 3.63) is 29.8 Å². The molecule has 0 aromatic heterocycles. The highest BCUT2D eigenvalue weighted by Crippen LogP contribution is 2.14. The largest absolute Gasteiger partial charge is 0.497 e. The number of nitrogens with one attached hydrogen (secondary N) is 1. The Bertz CT molecular complexity index is 390. The predicted octanol–water partition coefficient (Wildman–Crippen LogP) is 2.70. The first-order valence-corrected chi connectivity index (χ1v) is 7.83. The molecule has 2 unspecified atom stereocenters. The van der Waals surface area contributed by atoms with Gasteiger partial charge < -0.3 is 10.1 Å². The second-order valence-electron chi connectivity index (χ2n) is 5.79. The van der Waals surface area contributed by atoms with Crippen molar-refractivity contribution >= 4 is 0 Å². The van der Waals surface area contributed by atoms with Crippen LogP contribution in [0.2, 0.25) is 0 Å². The number of nitrogens with zero attached hydrogens (tertiary/aromatic N) is 1. The maximum atomic E-state index is 5.21. The van der Waals surface area contributed by atoms with Crippen molar-refractivity contribution in [2.45, 2.75) is 45.2 Å². The van der Waals surface area contributed by atoms with E-state index < -0.39 is 0 Å². The third kappa shape index (κ3) is 4.22. The lowest BCUT2D eigenvalue weighted by Gasteiger charge is -2.28. The summed E-state index contributed by atoms with van der Waals surface area (Å²) in [7, 11) is 1.71. The lowest BCUT2D eigenvalue weighted by Crippen LogP contribution is -2.40. The van der Waals surface area contributed by atoms with Crippen LogP contribution in [0, 0.1) is 0 Å². The fourth-order valence-electron chi connectivity index (χ4n) is 2.86. The van der Waals surface area contributed by atoms with Gasteiger partial charge in [-0.05, 0) is 50.4 Å². The molecule has 1 aromatic rings. The van der Waals surface area contributed by atoms with E-state index in [0.29, 0.717) is 12.1 Å². The van der Waals surface area contributed by atoms with Gasteiger partial charge in [-0.25, -0.2) is 0 Å². The molecule has 1 N–H and O–H groups in total. The summed E-state index contributed by atoms with van der Waals surface area (Å²) in [5, 5.41) is 3.65. The van der Waals surface area contributed by atoms with Crippen LogP contribution >= 0.6 is 0 Å². The molecule has 20 heavy (non-hydrogen) atoms. The third-order valence-electron chi connectivity index (χ3n) is 4.41. The standard InChI is InChI=1S/C17H28N2O/c1-4-16-13-19(14(2)9-11-18-16)12-10-15-5-7-17(20-3)8-6-15/h5-8,14,16,18H,4,9-13H2,1-3H3. The average molecular weight is 276 g/mol. The molecule has 0 spiro atoms. The molecule has 0 aliphatic carbocycles. The van der Waals surface area contributed by atoms with Gasteiger partial charge in [-0.1, -0.05) is 19.1 Å². The number of benzene rings is 1. The molecule has 1 saturated heterocycles. The molecule has 0 radical (unpaired) electrons. The Labute approximate surface area is 123 Å². The van der Waals surface area contributed by atoms with Crippen molar-refractivity contribution in [1.29, 1.82) is 0 Å².